The molecule has 2 aromatic carbocycles. The number of carbonyl (C=O) groups excluding carboxylic acids is 1. The molecule has 3 rings (SSSR count). The summed E-state index contributed by atoms with van der Waals surface area (Å²) in [6.07, 6.45) is -0.274. The average molecular weight is 283 g/mol. The molecule has 1 unspecified atom stereocenters. The Morgan fingerprint density at radius 2 is 1.90 bits per heavy atom. The Bertz CT molecular complexity index is 681. The molecule has 2 aromatic rings. The Labute approximate surface area is 123 Å². The zero-order valence-corrected chi connectivity index (χ0v) is 11.8. The van der Waals surface area contributed by atoms with Gasteiger partial charge in [-0.25, -0.2) is 4.79 Å². The van der Waals surface area contributed by atoms with Crippen LogP contribution in [0.25, 0.3) is 11.1 Å². The van der Waals surface area contributed by atoms with E-state index in [1.54, 1.807) is 6.92 Å². The van der Waals surface area contributed by atoms with Gasteiger partial charge in [-0.2, -0.15) is 0 Å². The van der Waals surface area contributed by atoms with Gasteiger partial charge in [0.15, 0.2) is 0 Å². The summed E-state index contributed by atoms with van der Waals surface area (Å²) in [6.45, 7) is 2.06. The van der Waals surface area contributed by atoms with Crippen molar-refractivity contribution in [2.75, 3.05) is 18.9 Å². The van der Waals surface area contributed by atoms with Crippen LogP contribution in [0, 0.1) is 0 Å². The number of nitrogens with two attached hydrogens (primary N) is 1. The van der Waals surface area contributed by atoms with E-state index in [1.807, 2.05) is 36.4 Å². The Hall–Kier alpha value is -2.33. The Morgan fingerprint density at radius 1 is 1.14 bits per heavy atom. The molecule has 0 fully saturated rings. The largest absolute Gasteiger partial charge is 0.464 e. The lowest BCUT2D eigenvalue weighted by Crippen LogP contribution is -2.15. The van der Waals surface area contributed by atoms with E-state index < -0.39 is 0 Å². The fraction of sp³-hybridized carbons (Fsp3) is 0.235. The number of ether oxygens (including phenoxy) is 2. The molecule has 0 bridgehead atoms. The van der Waals surface area contributed by atoms with E-state index in [-0.39, 0.29) is 18.7 Å². The summed E-state index contributed by atoms with van der Waals surface area (Å²) in [4.78, 5) is 11.5. The van der Waals surface area contributed by atoms with Gasteiger partial charge in [-0.15, -0.1) is 0 Å². The predicted octanol–water partition coefficient (Wildman–Crippen LogP) is 2.92. The van der Waals surface area contributed by atoms with Crippen LogP contribution in [0.1, 0.15) is 24.2 Å². The van der Waals surface area contributed by atoms with Crippen molar-refractivity contribution in [1.82, 2.24) is 0 Å². The molecule has 0 saturated carbocycles. The second-order valence-electron chi connectivity index (χ2n) is 4.93. The maximum Gasteiger partial charge on any atom is 0.332 e. The molecule has 4 heteroatoms. The van der Waals surface area contributed by atoms with Crippen molar-refractivity contribution in [3.05, 3.63) is 53.6 Å². The second kappa shape index (κ2) is 5.58. The molecular weight excluding hydrogens is 266 g/mol. The van der Waals surface area contributed by atoms with Crippen molar-refractivity contribution in [3.63, 3.8) is 0 Å². The molecule has 0 aliphatic heterocycles. The van der Waals surface area contributed by atoms with Crippen molar-refractivity contribution in [1.29, 1.82) is 0 Å². The predicted molar refractivity (Wildman–Crippen MR) is 80.7 cm³/mol. The highest BCUT2D eigenvalue weighted by Crippen LogP contribution is 2.45. The van der Waals surface area contributed by atoms with Gasteiger partial charge in [0.1, 0.15) is 12.7 Å². The minimum atomic E-state index is -0.354. The molecule has 1 aliphatic rings. The molecule has 0 radical (unpaired) electrons. The van der Waals surface area contributed by atoms with E-state index in [1.165, 1.54) is 0 Å². The molecule has 0 saturated heterocycles. The van der Waals surface area contributed by atoms with E-state index >= 15 is 0 Å². The zero-order chi connectivity index (χ0) is 14.8. The number of fused-ring (bicyclic) bond motifs is 3. The molecular formula is C17H17NO3. The average Bonchev–Trinajstić information content (AvgIpc) is 2.78. The molecule has 0 amide bonds. The summed E-state index contributed by atoms with van der Waals surface area (Å²) in [5.41, 5.74) is 10.9. The molecule has 0 heterocycles. The maximum absolute atomic E-state index is 11.5. The number of rotatable bonds is 4. The van der Waals surface area contributed by atoms with E-state index in [4.69, 9.17) is 15.2 Å². The number of nitrogen functional groups attached to an aromatic ring is 1. The Kier molecular flexibility index (Phi) is 3.62. The van der Waals surface area contributed by atoms with E-state index in [0.717, 1.165) is 22.3 Å². The van der Waals surface area contributed by atoms with Crippen molar-refractivity contribution < 1.29 is 14.3 Å². The van der Waals surface area contributed by atoms with E-state index in [2.05, 4.69) is 6.07 Å². The zero-order valence-electron chi connectivity index (χ0n) is 11.8. The van der Waals surface area contributed by atoms with Crippen molar-refractivity contribution in [2.45, 2.75) is 13.0 Å². The summed E-state index contributed by atoms with van der Waals surface area (Å²) in [7, 11) is 0. The third kappa shape index (κ3) is 2.50. The first-order chi connectivity index (χ1) is 10.2. The van der Waals surface area contributed by atoms with Crippen LogP contribution in [0.2, 0.25) is 0 Å². The molecule has 1 aliphatic carbocycles. The SMILES string of the molecule is CCOC(=O)COC1c2ccccc2-c2ccc(N)cc21. The lowest BCUT2D eigenvalue weighted by atomic mass is 10.1. The van der Waals surface area contributed by atoms with Gasteiger partial charge >= 0.3 is 5.97 Å². The number of carbonyl (C=O) groups is 1. The summed E-state index contributed by atoms with van der Waals surface area (Å²) in [5.74, 6) is -0.354. The van der Waals surface area contributed by atoms with Crippen LogP contribution in [-0.4, -0.2) is 19.2 Å². The van der Waals surface area contributed by atoms with Crippen LogP contribution < -0.4 is 5.73 Å². The van der Waals surface area contributed by atoms with Gasteiger partial charge in [0, 0.05) is 5.69 Å². The molecule has 108 valence electrons. The summed E-state index contributed by atoms with van der Waals surface area (Å²) < 4.78 is 10.7. The highest BCUT2D eigenvalue weighted by molar-refractivity contribution is 5.80. The number of benzene rings is 2. The van der Waals surface area contributed by atoms with Gasteiger partial charge in [-0.1, -0.05) is 30.3 Å². The minimum Gasteiger partial charge on any atom is -0.464 e. The van der Waals surface area contributed by atoms with Gasteiger partial charge < -0.3 is 15.2 Å². The van der Waals surface area contributed by atoms with Gasteiger partial charge in [-0.05, 0) is 41.3 Å². The number of esters is 1. The summed E-state index contributed by atoms with van der Waals surface area (Å²) >= 11 is 0. The fourth-order valence-corrected chi connectivity index (χ4v) is 2.72. The van der Waals surface area contributed by atoms with E-state index in [0.29, 0.717) is 12.3 Å². The van der Waals surface area contributed by atoms with Crippen LogP contribution in [0.4, 0.5) is 5.69 Å². The first-order valence-electron chi connectivity index (χ1n) is 6.96. The van der Waals surface area contributed by atoms with Crippen molar-refractivity contribution in [3.8, 4) is 11.1 Å². The van der Waals surface area contributed by atoms with Crippen LogP contribution >= 0.6 is 0 Å². The quantitative estimate of drug-likeness (QED) is 0.692. The van der Waals surface area contributed by atoms with Crippen molar-refractivity contribution >= 4 is 11.7 Å². The Balaban J connectivity index is 1.93. The number of hydrogen-bond donors (Lipinski definition) is 1. The van der Waals surface area contributed by atoms with Crippen LogP contribution in [-0.2, 0) is 14.3 Å². The number of hydrogen-bond acceptors (Lipinski definition) is 4. The van der Waals surface area contributed by atoms with Crippen LogP contribution in [0.5, 0.6) is 0 Å². The topological polar surface area (TPSA) is 61.5 Å². The third-order valence-electron chi connectivity index (χ3n) is 3.56. The van der Waals surface area contributed by atoms with Crippen molar-refractivity contribution in [2.24, 2.45) is 0 Å². The summed E-state index contributed by atoms with van der Waals surface area (Å²) in [5, 5.41) is 0. The molecule has 21 heavy (non-hydrogen) atoms. The van der Waals surface area contributed by atoms with E-state index in [9.17, 15) is 4.79 Å². The first-order valence-corrected chi connectivity index (χ1v) is 6.96. The molecule has 0 aromatic heterocycles. The highest BCUT2D eigenvalue weighted by atomic mass is 16.6. The molecule has 1 atom stereocenters. The highest BCUT2D eigenvalue weighted by Gasteiger charge is 2.29. The molecule has 0 spiro atoms. The summed E-state index contributed by atoms with van der Waals surface area (Å²) in [6, 6.07) is 13.8. The van der Waals surface area contributed by atoms with Gasteiger partial charge in [0.25, 0.3) is 0 Å². The fourth-order valence-electron chi connectivity index (χ4n) is 2.72. The standard InChI is InChI=1S/C17H17NO3/c1-2-20-16(19)10-21-17-14-6-4-3-5-12(14)13-8-7-11(18)9-15(13)17/h3-9,17H,2,10,18H2,1H3. The van der Waals surface area contributed by atoms with Crippen LogP contribution in [0.3, 0.4) is 0 Å². The second-order valence-corrected chi connectivity index (χ2v) is 4.93. The number of anilines is 1. The maximum atomic E-state index is 11.5. The normalized spacial score (nSPS) is 15.4. The first kappa shape index (κ1) is 13.6. The third-order valence-corrected chi connectivity index (χ3v) is 3.56. The minimum absolute atomic E-state index is 0.0684. The van der Waals surface area contributed by atoms with Gasteiger partial charge in [0.05, 0.1) is 6.61 Å². The van der Waals surface area contributed by atoms with Gasteiger partial charge in [0.2, 0.25) is 0 Å². The Morgan fingerprint density at radius 3 is 2.71 bits per heavy atom. The molecule has 4 nitrogen and oxygen atoms in total. The monoisotopic (exact) mass is 283 g/mol. The molecule has 2 N–H and O–H groups in total. The van der Waals surface area contributed by atoms with Crippen LogP contribution in [0.15, 0.2) is 42.5 Å². The van der Waals surface area contributed by atoms with Gasteiger partial charge in [-0.3, -0.25) is 0 Å². The lowest BCUT2D eigenvalue weighted by molar-refractivity contribution is -0.149. The lowest BCUT2D eigenvalue weighted by Gasteiger charge is -2.14. The smallest absolute Gasteiger partial charge is 0.332 e.